The lowest BCUT2D eigenvalue weighted by Crippen LogP contribution is -2.41. The SMILES string of the molecule is CN(Cc1cc(C(C)(C)C)co1)C1=NS(=O)N=C1N(C)c1csc(S(=O)(=O)NC(C)(C)C)c1O. The van der Waals surface area contributed by atoms with Gasteiger partial charge in [0.25, 0.3) is 21.2 Å². The van der Waals surface area contributed by atoms with Crippen LogP contribution in [0.3, 0.4) is 0 Å². The van der Waals surface area contributed by atoms with Crippen LogP contribution in [0.15, 0.2) is 35.1 Å². The number of sulfonamides is 1. The lowest BCUT2D eigenvalue weighted by Gasteiger charge is -2.24. The Morgan fingerprint density at radius 1 is 1.15 bits per heavy atom. The van der Waals surface area contributed by atoms with Crippen LogP contribution in [-0.4, -0.2) is 53.9 Å². The lowest BCUT2D eigenvalue weighted by atomic mass is 9.89. The molecule has 10 nitrogen and oxygen atoms in total. The Labute approximate surface area is 207 Å². The van der Waals surface area contributed by atoms with Gasteiger partial charge in [-0.2, -0.15) is 0 Å². The van der Waals surface area contributed by atoms with Crippen LogP contribution in [0, 0.1) is 0 Å². The third kappa shape index (κ3) is 5.70. The Kier molecular flexibility index (Phi) is 7.06. The number of anilines is 1. The van der Waals surface area contributed by atoms with Crippen molar-refractivity contribution in [2.24, 2.45) is 8.80 Å². The molecule has 0 saturated heterocycles. The molecule has 1 aliphatic rings. The minimum Gasteiger partial charge on any atom is -0.504 e. The van der Waals surface area contributed by atoms with Gasteiger partial charge in [-0.1, -0.05) is 20.8 Å². The highest BCUT2D eigenvalue weighted by atomic mass is 32.2. The number of hydrogen-bond acceptors (Lipinski definition) is 8. The maximum Gasteiger partial charge on any atom is 0.269 e. The van der Waals surface area contributed by atoms with Gasteiger partial charge in [0, 0.05) is 25.0 Å². The molecule has 0 fully saturated rings. The summed E-state index contributed by atoms with van der Waals surface area (Å²) >= 11 is -0.954. The van der Waals surface area contributed by atoms with Gasteiger partial charge >= 0.3 is 0 Å². The summed E-state index contributed by atoms with van der Waals surface area (Å²) in [5.41, 5.74) is 0.496. The van der Waals surface area contributed by atoms with E-state index in [-0.39, 0.29) is 21.1 Å². The molecule has 2 N–H and O–H groups in total. The number of rotatable bonds is 5. The fourth-order valence-electron chi connectivity index (χ4n) is 3.18. The van der Waals surface area contributed by atoms with Gasteiger partial charge in [-0.05, 0) is 37.8 Å². The van der Waals surface area contributed by atoms with Crippen molar-refractivity contribution < 1.29 is 22.2 Å². The second-order valence-corrected chi connectivity index (χ2v) is 13.7. The van der Waals surface area contributed by atoms with Crippen LogP contribution < -0.4 is 9.62 Å². The topological polar surface area (TPSA) is 128 Å². The van der Waals surface area contributed by atoms with Crippen LogP contribution in [0.25, 0.3) is 0 Å². The van der Waals surface area contributed by atoms with Crippen molar-refractivity contribution in [2.75, 3.05) is 19.0 Å². The van der Waals surface area contributed by atoms with E-state index in [2.05, 4.69) is 34.3 Å². The lowest BCUT2D eigenvalue weighted by molar-refractivity contribution is 0.412. The van der Waals surface area contributed by atoms with Crippen molar-refractivity contribution in [3.63, 3.8) is 0 Å². The van der Waals surface area contributed by atoms with Crippen LogP contribution in [-0.2, 0) is 33.2 Å². The zero-order valence-corrected chi connectivity index (χ0v) is 23.0. The van der Waals surface area contributed by atoms with Crippen molar-refractivity contribution in [1.29, 1.82) is 0 Å². The standard InChI is InChI=1S/C21H31N5O5S3/c1-20(2,3)13-9-14(31-11-13)10-25(7)17-18(23-33(28)22-17)26(8)15-12-32-19(16(15)27)34(29,30)24-21(4,5)6/h9,11-12,24,27H,10H2,1-8H3. The second-order valence-electron chi connectivity index (χ2n) is 10.1. The first-order valence-electron chi connectivity index (χ1n) is 10.5. The molecule has 3 heterocycles. The fourth-order valence-corrected chi connectivity index (χ4v) is 6.69. The van der Waals surface area contributed by atoms with E-state index < -0.39 is 32.5 Å². The largest absolute Gasteiger partial charge is 0.504 e. The molecule has 13 heteroatoms. The molecule has 0 amide bonds. The van der Waals surface area contributed by atoms with Gasteiger partial charge in [0.05, 0.1) is 18.5 Å². The minimum atomic E-state index is -3.94. The minimum absolute atomic E-state index is 0.0596. The normalized spacial score (nSPS) is 17.0. The van der Waals surface area contributed by atoms with Gasteiger partial charge in [-0.25, -0.2) is 17.3 Å². The molecule has 0 aromatic carbocycles. The summed E-state index contributed by atoms with van der Waals surface area (Å²) in [7, 11) is -0.571. The number of nitrogens with one attached hydrogen (secondary N) is 1. The average molecular weight is 530 g/mol. The second kappa shape index (κ2) is 9.10. The Bertz CT molecular complexity index is 1260. The zero-order valence-electron chi connectivity index (χ0n) is 20.5. The number of nitrogens with zero attached hydrogens (tertiary/aromatic N) is 4. The molecule has 0 bridgehead atoms. The molecule has 1 aliphatic heterocycles. The van der Waals surface area contributed by atoms with Crippen molar-refractivity contribution in [3.8, 4) is 5.75 Å². The summed E-state index contributed by atoms with van der Waals surface area (Å²) in [5, 5.41) is 12.3. The van der Waals surface area contributed by atoms with Crippen molar-refractivity contribution in [3.05, 3.63) is 29.0 Å². The van der Waals surface area contributed by atoms with Gasteiger partial charge in [-0.15, -0.1) is 20.1 Å². The maximum absolute atomic E-state index is 12.7. The third-order valence-electron chi connectivity index (χ3n) is 4.88. The summed E-state index contributed by atoms with van der Waals surface area (Å²) in [6, 6.07) is 1.97. The van der Waals surface area contributed by atoms with E-state index in [9.17, 15) is 17.7 Å². The number of thiophene rings is 1. The quantitative estimate of drug-likeness (QED) is 0.608. The summed E-state index contributed by atoms with van der Waals surface area (Å²) in [4.78, 5) is 3.22. The molecule has 0 saturated carbocycles. The van der Waals surface area contributed by atoms with Crippen LogP contribution in [0.5, 0.6) is 5.75 Å². The molecule has 0 spiro atoms. The Balaban J connectivity index is 1.85. The van der Waals surface area contributed by atoms with Crippen molar-refractivity contribution >= 4 is 49.9 Å². The van der Waals surface area contributed by atoms with E-state index >= 15 is 0 Å². The molecule has 1 atom stereocenters. The summed E-state index contributed by atoms with van der Waals surface area (Å²) in [5.74, 6) is 0.865. The molecule has 188 valence electrons. The van der Waals surface area contributed by atoms with E-state index in [1.807, 2.05) is 6.07 Å². The first-order chi connectivity index (χ1) is 15.5. The molecule has 0 aliphatic carbocycles. The van der Waals surface area contributed by atoms with E-state index in [0.29, 0.717) is 18.1 Å². The average Bonchev–Trinajstić information content (AvgIpc) is 3.37. The van der Waals surface area contributed by atoms with Gasteiger partial charge in [0.2, 0.25) is 0 Å². The first-order valence-corrected chi connectivity index (χ1v) is 13.9. The number of hydrogen-bond donors (Lipinski definition) is 2. The monoisotopic (exact) mass is 529 g/mol. The van der Waals surface area contributed by atoms with Crippen molar-refractivity contribution in [2.45, 2.75) is 63.3 Å². The maximum atomic E-state index is 12.7. The molecular weight excluding hydrogens is 498 g/mol. The Morgan fingerprint density at radius 3 is 2.32 bits per heavy atom. The smallest absolute Gasteiger partial charge is 0.269 e. The Morgan fingerprint density at radius 2 is 1.76 bits per heavy atom. The molecule has 2 aromatic heterocycles. The van der Waals surface area contributed by atoms with Crippen molar-refractivity contribution in [1.82, 2.24) is 9.62 Å². The molecule has 1 unspecified atom stereocenters. The van der Waals surface area contributed by atoms with E-state index in [0.717, 1.165) is 16.9 Å². The molecule has 0 radical (unpaired) electrons. The van der Waals surface area contributed by atoms with Gasteiger partial charge < -0.3 is 19.3 Å². The fraction of sp³-hybridized carbons (Fsp3) is 0.524. The van der Waals surface area contributed by atoms with E-state index in [1.54, 1.807) is 46.0 Å². The van der Waals surface area contributed by atoms with Crippen LogP contribution >= 0.6 is 11.3 Å². The number of furan rings is 1. The van der Waals surface area contributed by atoms with Gasteiger partial charge in [-0.3, -0.25) is 0 Å². The predicted molar refractivity (Wildman–Crippen MR) is 136 cm³/mol. The molecule has 2 aromatic rings. The number of amidine groups is 2. The third-order valence-corrected chi connectivity index (χ3v) is 8.80. The zero-order chi connectivity index (χ0) is 25.6. The predicted octanol–water partition coefficient (Wildman–Crippen LogP) is 3.38. The van der Waals surface area contributed by atoms with E-state index in [4.69, 9.17) is 4.42 Å². The highest BCUT2D eigenvalue weighted by Gasteiger charge is 2.33. The van der Waals surface area contributed by atoms with Crippen LogP contribution in [0.2, 0.25) is 0 Å². The first kappa shape index (κ1) is 26.4. The summed E-state index contributed by atoms with van der Waals surface area (Å²) in [6.45, 7) is 11.8. The van der Waals surface area contributed by atoms with Crippen LogP contribution in [0.4, 0.5) is 5.69 Å². The van der Waals surface area contributed by atoms with E-state index in [1.165, 1.54) is 10.3 Å². The van der Waals surface area contributed by atoms with Gasteiger partial charge in [0.15, 0.2) is 21.6 Å². The number of likely N-dealkylation sites (N-methyl/N-ethyl adjacent to an activating group) is 2. The molecule has 3 rings (SSSR count). The molecule has 34 heavy (non-hydrogen) atoms. The summed E-state index contributed by atoms with van der Waals surface area (Å²) < 4.78 is 53.9. The van der Waals surface area contributed by atoms with Crippen LogP contribution in [0.1, 0.15) is 52.9 Å². The summed E-state index contributed by atoms with van der Waals surface area (Å²) in [6.07, 6.45) is 1.72. The highest BCUT2D eigenvalue weighted by molar-refractivity contribution is 7.91. The highest BCUT2D eigenvalue weighted by Crippen LogP contribution is 2.40. The Hall–Kier alpha value is -2.22. The molecular formula is C21H31N5O5S3. The van der Waals surface area contributed by atoms with Gasteiger partial charge in [0.1, 0.15) is 5.76 Å². The number of aromatic hydroxyl groups is 1.